The van der Waals surface area contributed by atoms with Crippen LogP contribution in [-0.4, -0.2) is 69.2 Å². The number of likely N-dealkylation sites (tertiary alicyclic amines) is 1. The van der Waals surface area contributed by atoms with Crippen LogP contribution in [-0.2, 0) is 4.79 Å². The fraction of sp³-hybridized carbons (Fsp3) is 0.619. The van der Waals surface area contributed by atoms with Gasteiger partial charge in [0.2, 0.25) is 5.76 Å². The maximum Gasteiger partial charge on any atom is 0.327 e. The molecule has 1 spiro atoms. The largest absolute Gasteiger partial charge is 0.438 e. The van der Waals surface area contributed by atoms with Crippen LogP contribution in [0.4, 0.5) is 4.79 Å². The number of amides is 4. The van der Waals surface area contributed by atoms with E-state index in [9.17, 15) is 14.4 Å². The summed E-state index contributed by atoms with van der Waals surface area (Å²) in [5, 5.41) is 0. The summed E-state index contributed by atoms with van der Waals surface area (Å²) in [6.45, 7) is 9.80. The molecule has 0 atom stereocenters. The standard InChI is InChI=1S/C21H30N4O4/c1-15(2)6-5-9-24-19(27)21(25(20(24)28)13-16(3)4)7-10-23(11-8-21)18(26)17-12-22-14-29-17/h6,12,14,16H,5,7-11,13H2,1-4H3. The summed E-state index contributed by atoms with van der Waals surface area (Å²) in [5.41, 5.74) is 0.307. The second-order valence-electron chi connectivity index (χ2n) is 8.50. The van der Waals surface area contributed by atoms with Gasteiger partial charge in [-0.1, -0.05) is 25.5 Å². The van der Waals surface area contributed by atoms with Crippen LogP contribution in [0, 0.1) is 5.92 Å². The Hall–Kier alpha value is -2.64. The van der Waals surface area contributed by atoms with E-state index >= 15 is 0 Å². The van der Waals surface area contributed by atoms with Crippen molar-refractivity contribution in [3.8, 4) is 0 Å². The number of carbonyl (C=O) groups is 3. The number of hydrogen-bond donors (Lipinski definition) is 0. The molecule has 3 heterocycles. The highest BCUT2D eigenvalue weighted by molar-refractivity contribution is 6.07. The summed E-state index contributed by atoms with van der Waals surface area (Å²) in [7, 11) is 0. The molecule has 0 saturated carbocycles. The lowest BCUT2D eigenvalue weighted by molar-refractivity contribution is -0.135. The first kappa shape index (κ1) is 21.1. The van der Waals surface area contributed by atoms with Gasteiger partial charge in [0.15, 0.2) is 6.39 Å². The fourth-order valence-electron chi connectivity index (χ4n) is 4.12. The van der Waals surface area contributed by atoms with Crippen LogP contribution in [0.25, 0.3) is 0 Å². The van der Waals surface area contributed by atoms with Crippen LogP contribution in [0.2, 0.25) is 0 Å². The zero-order valence-electron chi connectivity index (χ0n) is 17.7. The lowest BCUT2D eigenvalue weighted by Crippen LogP contribution is -2.58. The maximum atomic E-state index is 13.4. The number of urea groups is 1. The highest BCUT2D eigenvalue weighted by Crippen LogP contribution is 2.38. The van der Waals surface area contributed by atoms with Crippen molar-refractivity contribution in [3.05, 3.63) is 30.0 Å². The van der Waals surface area contributed by atoms with Crippen LogP contribution in [0.5, 0.6) is 0 Å². The van der Waals surface area contributed by atoms with Gasteiger partial charge in [-0.25, -0.2) is 9.78 Å². The summed E-state index contributed by atoms with van der Waals surface area (Å²) in [6, 6.07) is -0.208. The third-order valence-electron chi connectivity index (χ3n) is 5.60. The lowest BCUT2D eigenvalue weighted by Gasteiger charge is -2.42. The maximum absolute atomic E-state index is 13.4. The molecule has 4 amide bonds. The zero-order valence-corrected chi connectivity index (χ0v) is 17.7. The minimum Gasteiger partial charge on any atom is -0.438 e. The molecule has 29 heavy (non-hydrogen) atoms. The highest BCUT2D eigenvalue weighted by atomic mass is 16.3. The van der Waals surface area contributed by atoms with Crippen LogP contribution < -0.4 is 0 Å². The molecule has 0 N–H and O–H groups in total. The molecule has 2 aliphatic rings. The first-order valence-corrected chi connectivity index (χ1v) is 10.2. The molecule has 0 aromatic carbocycles. The molecule has 1 aromatic rings. The third kappa shape index (κ3) is 4.06. The number of carbonyl (C=O) groups excluding carboxylic acids is 3. The van der Waals surface area contributed by atoms with Crippen molar-refractivity contribution in [2.45, 2.75) is 52.5 Å². The average molecular weight is 402 g/mol. The summed E-state index contributed by atoms with van der Waals surface area (Å²) >= 11 is 0. The second kappa shape index (κ2) is 8.39. The molecular weight excluding hydrogens is 372 g/mol. The number of oxazole rings is 1. The van der Waals surface area contributed by atoms with Gasteiger partial charge in [-0.3, -0.25) is 14.5 Å². The molecule has 8 heteroatoms. The number of piperidine rings is 1. The van der Waals surface area contributed by atoms with Gasteiger partial charge in [0, 0.05) is 26.2 Å². The van der Waals surface area contributed by atoms with Crippen molar-refractivity contribution < 1.29 is 18.8 Å². The van der Waals surface area contributed by atoms with Crippen LogP contribution in [0.3, 0.4) is 0 Å². The Labute approximate surface area is 171 Å². The van der Waals surface area contributed by atoms with E-state index in [-0.39, 0.29) is 29.5 Å². The first-order valence-electron chi connectivity index (χ1n) is 10.2. The lowest BCUT2D eigenvalue weighted by atomic mass is 9.85. The summed E-state index contributed by atoms with van der Waals surface area (Å²) in [6.07, 6.45) is 6.19. The van der Waals surface area contributed by atoms with E-state index < -0.39 is 5.54 Å². The Morgan fingerprint density at radius 3 is 2.52 bits per heavy atom. The number of allylic oxidation sites excluding steroid dienone is 1. The quantitative estimate of drug-likeness (QED) is 0.539. The highest BCUT2D eigenvalue weighted by Gasteiger charge is 2.58. The molecule has 0 aliphatic carbocycles. The Morgan fingerprint density at radius 2 is 1.97 bits per heavy atom. The first-order chi connectivity index (χ1) is 13.8. The van der Waals surface area contributed by atoms with Crippen molar-refractivity contribution in [1.29, 1.82) is 0 Å². The van der Waals surface area contributed by atoms with Gasteiger partial charge in [-0.2, -0.15) is 0 Å². The summed E-state index contributed by atoms with van der Waals surface area (Å²) in [4.78, 5) is 47.6. The van der Waals surface area contributed by atoms with E-state index in [0.29, 0.717) is 45.4 Å². The Morgan fingerprint density at radius 1 is 1.28 bits per heavy atom. The van der Waals surface area contributed by atoms with Crippen LogP contribution in [0.15, 0.2) is 28.7 Å². The monoisotopic (exact) mass is 402 g/mol. The van der Waals surface area contributed by atoms with Gasteiger partial charge >= 0.3 is 6.03 Å². The minimum atomic E-state index is -0.857. The van der Waals surface area contributed by atoms with Gasteiger partial charge < -0.3 is 14.2 Å². The van der Waals surface area contributed by atoms with E-state index in [2.05, 4.69) is 4.98 Å². The van der Waals surface area contributed by atoms with E-state index in [1.807, 2.05) is 33.8 Å². The Kier molecular flexibility index (Phi) is 6.10. The van der Waals surface area contributed by atoms with E-state index in [1.54, 1.807) is 9.80 Å². The van der Waals surface area contributed by atoms with Gasteiger partial charge in [0.25, 0.3) is 11.8 Å². The molecule has 3 rings (SSSR count). The zero-order chi connectivity index (χ0) is 21.2. The van der Waals surface area contributed by atoms with Crippen molar-refractivity contribution in [2.75, 3.05) is 26.2 Å². The van der Waals surface area contributed by atoms with Gasteiger partial charge in [-0.15, -0.1) is 0 Å². The topological polar surface area (TPSA) is 87.0 Å². The molecule has 2 aliphatic heterocycles. The van der Waals surface area contributed by atoms with Crippen molar-refractivity contribution in [3.63, 3.8) is 0 Å². The van der Waals surface area contributed by atoms with E-state index in [1.165, 1.54) is 17.5 Å². The normalized spacial score (nSPS) is 18.9. The molecule has 2 saturated heterocycles. The summed E-state index contributed by atoms with van der Waals surface area (Å²) in [5.74, 6) is 0.0781. The smallest absolute Gasteiger partial charge is 0.327 e. The average Bonchev–Trinajstić information content (AvgIpc) is 3.27. The SMILES string of the molecule is CC(C)=CCCN1C(=O)N(CC(C)C)C2(CCN(C(=O)c3cnco3)CC2)C1=O. The van der Waals surface area contributed by atoms with Crippen molar-refractivity contribution >= 4 is 17.8 Å². The van der Waals surface area contributed by atoms with Gasteiger partial charge in [0.05, 0.1) is 6.20 Å². The molecule has 0 bridgehead atoms. The van der Waals surface area contributed by atoms with Gasteiger partial charge in [-0.05, 0) is 39.0 Å². The number of imide groups is 1. The number of hydrogen-bond acceptors (Lipinski definition) is 5. The van der Waals surface area contributed by atoms with Gasteiger partial charge in [0.1, 0.15) is 5.54 Å². The molecule has 0 radical (unpaired) electrons. The summed E-state index contributed by atoms with van der Waals surface area (Å²) < 4.78 is 5.11. The van der Waals surface area contributed by atoms with Crippen LogP contribution >= 0.6 is 0 Å². The predicted octanol–water partition coefficient (Wildman–Crippen LogP) is 2.93. The number of rotatable bonds is 6. The second-order valence-corrected chi connectivity index (χ2v) is 8.50. The molecule has 0 unspecified atom stereocenters. The molecule has 8 nitrogen and oxygen atoms in total. The molecule has 158 valence electrons. The Bertz CT molecular complexity index is 788. The van der Waals surface area contributed by atoms with Crippen molar-refractivity contribution in [1.82, 2.24) is 19.7 Å². The molecular formula is C21H30N4O4. The third-order valence-corrected chi connectivity index (χ3v) is 5.60. The predicted molar refractivity (Wildman–Crippen MR) is 107 cm³/mol. The fourth-order valence-corrected chi connectivity index (χ4v) is 4.12. The van der Waals surface area contributed by atoms with E-state index in [0.717, 1.165) is 5.57 Å². The van der Waals surface area contributed by atoms with E-state index in [4.69, 9.17) is 4.42 Å². The van der Waals surface area contributed by atoms with Crippen molar-refractivity contribution in [2.24, 2.45) is 5.92 Å². The molecule has 1 aromatic heterocycles. The number of nitrogens with zero attached hydrogens (tertiary/aromatic N) is 4. The van der Waals surface area contributed by atoms with Crippen LogP contribution in [0.1, 0.15) is 57.5 Å². The number of aromatic nitrogens is 1. The molecule has 2 fully saturated rings. The minimum absolute atomic E-state index is 0.128. The Balaban J connectivity index is 1.78.